The predicted octanol–water partition coefficient (Wildman–Crippen LogP) is 3.98. The zero-order valence-electron chi connectivity index (χ0n) is 13.0. The molecule has 1 fully saturated rings. The van der Waals surface area contributed by atoms with Crippen LogP contribution in [0.15, 0.2) is 6.07 Å². The van der Waals surface area contributed by atoms with Crippen LogP contribution in [0.2, 0.25) is 0 Å². The lowest BCUT2D eigenvalue weighted by molar-refractivity contribution is 0.322. The average molecular weight is 262 g/mol. The van der Waals surface area contributed by atoms with E-state index in [0.717, 1.165) is 18.6 Å². The van der Waals surface area contributed by atoms with E-state index in [1.807, 2.05) is 0 Å². The van der Waals surface area contributed by atoms with Gasteiger partial charge in [0.2, 0.25) is 0 Å². The molecule has 1 heterocycles. The molecule has 0 bridgehead atoms. The molecule has 0 aromatic heterocycles. The van der Waals surface area contributed by atoms with Gasteiger partial charge < -0.3 is 9.47 Å². The molecule has 1 aromatic rings. The topological polar surface area (TPSA) is 21.8 Å². The maximum absolute atomic E-state index is 5.73. The lowest BCUT2D eigenvalue weighted by Gasteiger charge is -2.18. The number of ether oxygens (including phenoxy) is 2. The van der Waals surface area contributed by atoms with Gasteiger partial charge in [-0.1, -0.05) is 13.8 Å². The summed E-state index contributed by atoms with van der Waals surface area (Å²) >= 11 is 0. The summed E-state index contributed by atoms with van der Waals surface area (Å²) in [6.07, 6.45) is 3.19. The van der Waals surface area contributed by atoms with Crippen molar-refractivity contribution < 1.29 is 9.47 Å². The van der Waals surface area contributed by atoms with Gasteiger partial charge in [0, 0.05) is 0 Å². The highest BCUT2D eigenvalue weighted by atomic mass is 16.6. The second-order valence-electron chi connectivity index (χ2n) is 5.85. The molecule has 3 atom stereocenters. The zero-order chi connectivity index (χ0) is 14.2. The van der Waals surface area contributed by atoms with Gasteiger partial charge in [-0.05, 0) is 67.9 Å². The first-order chi connectivity index (χ1) is 8.99. The molecule has 106 valence electrons. The van der Waals surface area contributed by atoms with Crippen molar-refractivity contribution in [2.45, 2.75) is 59.7 Å². The summed E-state index contributed by atoms with van der Waals surface area (Å²) in [5.41, 5.74) is 5.44. The van der Waals surface area contributed by atoms with Gasteiger partial charge in [-0.15, -0.1) is 0 Å². The van der Waals surface area contributed by atoms with E-state index in [1.54, 1.807) is 7.11 Å². The molecule has 19 heavy (non-hydrogen) atoms. The van der Waals surface area contributed by atoms with Crippen LogP contribution in [0.5, 0.6) is 5.75 Å². The van der Waals surface area contributed by atoms with Crippen LogP contribution in [-0.4, -0.2) is 19.3 Å². The molecule has 1 aliphatic heterocycles. The Balaban J connectivity index is 2.19. The molecule has 3 unspecified atom stereocenters. The van der Waals surface area contributed by atoms with Gasteiger partial charge in [0.1, 0.15) is 5.75 Å². The van der Waals surface area contributed by atoms with Crippen LogP contribution in [0.3, 0.4) is 0 Å². The number of methoxy groups -OCH3 is 1. The molecule has 2 nitrogen and oxygen atoms in total. The summed E-state index contributed by atoms with van der Waals surface area (Å²) in [5.74, 6) is 1.59. The number of hydrogen-bond acceptors (Lipinski definition) is 2. The van der Waals surface area contributed by atoms with E-state index in [2.05, 4.69) is 40.7 Å². The second-order valence-corrected chi connectivity index (χ2v) is 5.85. The molecule has 1 aliphatic rings. The molecule has 0 N–H and O–H groups in total. The lowest BCUT2D eigenvalue weighted by atomic mass is 9.88. The van der Waals surface area contributed by atoms with E-state index in [4.69, 9.17) is 9.47 Å². The van der Waals surface area contributed by atoms with E-state index in [9.17, 15) is 0 Å². The summed E-state index contributed by atoms with van der Waals surface area (Å²) in [4.78, 5) is 0. The first kappa shape index (κ1) is 14.4. The Labute approximate surface area is 117 Å². The Morgan fingerprint density at radius 3 is 2.47 bits per heavy atom. The standard InChI is InChI=1S/C17H26O2/c1-7-15-17(19-15)11(3)8-14-10(2)9-16(18-6)13(5)12(14)4/h9,11,15,17H,7-8H2,1-6H3. The zero-order valence-corrected chi connectivity index (χ0v) is 13.0. The summed E-state index contributed by atoms with van der Waals surface area (Å²) in [7, 11) is 1.74. The minimum absolute atomic E-state index is 0.464. The number of benzene rings is 1. The van der Waals surface area contributed by atoms with Crippen LogP contribution in [0.1, 0.15) is 42.5 Å². The smallest absolute Gasteiger partial charge is 0.122 e. The number of epoxide rings is 1. The molecule has 0 saturated carbocycles. The molecule has 0 amide bonds. The Hall–Kier alpha value is -1.02. The largest absolute Gasteiger partial charge is 0.496 e. The van der Waals surface area contributed by atoms with Crippen molar-refractivity contribution in [3.05, 3.63) is 28.3 Å². The van der Waals surface area contributed by atoms with Crippen LogP contribution in [0.4, 0.5) is 0 Å². The van der Waals surface area contributed by atoms with Crippen molar-refractivity contribution >= 4 is 0 Å². The van der Waals surface area contributed by atoms with Crippen LogP contribution >= 0.6 is 0 Å². The summed E-state index contributed by atoms with van der Waals surface area (Å²) in [6, 6.07) is 2.16. The summed E-state index contributed by atoms with van der Waals surface area (Å²) in [6.45, 7) is 11.0. The Morgan fingerprint density at radius 1 is 1.26 bits per heavy atom. The number of rotatable bonds is 5. The fraction of sp³-hybridized carbons (Fsp3) is 0.647. The minimum Gasteiger partial charge on any atom is -0.496 e. The Kier molecular flexibility index (Phi) is 4.19. The first-order valence-electron chi connectivity index (χ1n) is 7.28. The SMILES string of the molecule is CCC1OC1C(C)Cc1c(C)cc(OC)c(C)c1C. The third-order valence-electron chi connectivity index (χ3n) is 4.54. The van der Waals surface area contributed by atoms with Crippen molar-refractivity contribution in [2.24, 2.45) is 5.92 Å². The maximum Gasteiger partial charge on any atom is 0.122 e. The molecule has 2 rings (SSSR count). The molecule has 0 spiro atoms. The fourth-order valence-electron chi connectivity index (χ4n) is 3.05. The van der Waals surface area contributed by atoms with Crippen molar-refractivity contribution in [3.63, 3.8) is 0 Å². The second kappa shape index (κ2) is 5.54. The molecule has 2 heteroatoms. The van der Waals surface area contributed by atoms with Gasteiger partial charge in [0.25, 0.3) is 0 Å². The quantitative estimate of drug-likeness (QED) is 0.749. The summed E-state index contributed by atoms with van der Waals surface area (Å²) in [5, 5.41) is 0. The minimum atomic E-state index is 0.464. The molecule has 1 saturated heterocycles. The summed E-state index contributed by atoms with van der Waals surface area (Å²) < 4.78 is 11.2. The van der Waals surface area contributed by atoms with Crippen LogP contribution in [-0.2, 0) is 11.2 Å². The van der Waals surface area contributed by atoms with Crippen molar-refractivity contribution in [1.29, 1.82) is 0 Å². The molecular weight excluding hydrogens is 236 g/mol. The van der Waals surface area contributed by atoms with Gasteiger partial charge in [0.15, 0.2) is 0 Å². The first-order valence-corrected chi connectivity index (χ1v) is 7.28. The van der Waals surface area contributed by atoms with Gasteiger partial charge in [0.05, 0.1) is 19.3 Å². The van der Waals surface area contributed by atoms with Crippen LogP contribution in [0.25, 0.3) is 0 Å². The van der Waals surface area contributed by atoms with Crippen molar-refractivity contribution in [2.75, 3.05) is 7.11 Å². The van der Waals surface area contributed by atoms with Gasteiger partial charge in [-0.25, -0.2) is 0 Å². The van der Waals surface area contributed by atoms with Gasteiger partial charge in [-0.3, -0.25) is 0 Å². The fourth-order valence-corrected chi connectivity index (χ4v) is 3.05. The molecular formula is C17H26O2. The Bertz CT molecular complexity index is 465. The number of hydrogen-bond donors (Lipinski definition) is 0. The van der Waals surface area contributed by atoms with E-state index in [0.29, 0.717) is 18.1 Å². The maximum atomic E-state index is 5.73. The van der Waals surface area contributed by atoms with Gasteiger partial charge >= 0.3 is 0 Å². The van der Waals surface area contributed by atoms with Crippen molar-refractivity contribution in [3.8, 4) is 5.75 Å². The van der Waals surface area contributed by atoms with E-state index in [-0.39, 0.29) is 0 Å². The van der Waals surface area contributed by atoms with Crippen LogP contribution < -0.4 is 4.74 Å². The van der Waals surface area contributed by atoms with E-state index < -0.39 is 0 Å². The Morgan fingerprint density at radius 2 is 1.95 bits per heavy atom. The third-order valence-corrected chi connectivity index (χ3v) is 4.54. The highest BCUT2D eigenvalue weighted by molar-refractivity contribution is 5.48. The normalized spacial score (nSPS) is 23.3. The van der Waals surface area contributed by atoms with E-state index >= 15 is 0 Å². The lowest BCUT2D eigenvalue weighted by Crippen LogP contribution is -2.12. The molecule has 1 aromatic carbocycles. The van der Waals surface area contributed by atoms with E-state index in [1.165, 1.54) is 22.3 Å². The molecule has 0 radical (unpaired) electrons. The van der Waals surface area contributed by atoms with Gasteiger partial charge in [-0.2, -0.15) is 0 Å². The molecule has 0 aliphatic carbocycles. The average Bonchev–Trinajstić information content (AvgIpc) is 3.18. The predicted molar refractivity (Wildman–Crippen MR) is 79.0 cm³/mol. The van der Waals surface area contributed by atoms with Crippen LogP contribution in [0, 0.1) is 26.7 Å². The number of aryl methyl sites for hydroxylation is 1. The highest BCUT2D eigenvalue weighted by Crippen LogP contribution is 2.36. The highest BCUT2D eigenvalue weighted by Gasteiger charge is 2.41. The monoisotopic (exact) mass is 262 g/mol. The van der Waals surface area contributed by atoms with Crippen molar-refractivity contribution in [1.82, 2.24) is 0 Å². The third kappa shape index (κ3) is 2.79.